The molecule has 0 aromatic rings. The highest BCUT2D eigenvalue weighted by Crippen LogP contribution is 2.40. The van der Waals surface area contributed by atoms with E-state index in [9.17, 15) is 5.11 Å². The Balaban J connectivity index is 1.83. The fourth-order valence-electron chi connectivity index (χ4n) is 2.67. The summed E-state index contributed by atoms with van der Waals surface area (Å²) in [5.41, 5.74) is -0.380. The Morgan fingerprint density at radius 2 is 2.15 bits per heavy atom. The number of rotatable bonds is 3. The fraction of sp³-hybridized carbons (Fsp3) is 1.00. The summed E-state index contributed by atoms with van der Waals surface area (Å²) in [5, 5.41) is 13.6. The largest absolute Gasteiger partial charge is 0.390 e. The van der Waals surface area contributed by atoms with Gasteiger partial charge in [-0.3, -0.25) is 0 Å². The predicted octanol–water partition coefficient (Wildman–Crippen LogP) is 1.54. The third kappa shape index (κ3) is 2.05. The van der Waals surface area contributed by atoms with E-state index in [0.29, 0.717) is 5.92 Å². The van der Waals surface area contributed by atoms with Crippen LogP contribution in [0.15, 0.2) is 0 Å². The molecular weight excluding hydrogens is 162 g/mol. The van der Waals surface area contributed by atoms with Gasteiger partial charge in [0.15, 0.2) is 0 Å². The van der Waals surface area contributed by atoms with Crippen LogP contribution >= 0.6 is 0 Å². The van der Waals surface area contributed by atoms with E-state index in [4.69, 9.17) is 0 Å². The molecule has 2 unspecified atom stereocenters. The molecule has 2 rings (SSSR count). The zero-order valence-electron chi connectivity index (χ0n) is 8.55. The molecule has 13 heavy (non-hydrogen) atoms. The van der Waals surface area contributed by atoms with E-state index >= 15 is 0 Å². The molecule has 1 aliphatic carbocycles. The molecule has 2 heteroatoms. The van der Waals surface area contributed by atoms with Crippen LogP contribution in [0, 0.1) is 11.8 Å². The minimum atomic E-state index is -0.380. The van der Waals surface area contributed by atoms with Gasteiger partial charge in [-0.2, -0.15) is 0 Å². The van der Waals surface area contributed by atoms with Gasteiger partial charge in [-0.05, 0) is 57.5 Å². The van der Waals surface area contributed by atoms with Gasteiger partial charge < -0.3 is 10.4 Å². The second-order valence-corrected chi connectivity index (χ2v) is 5.05. The van der Waals surface area contributed by atoms with Gasteiger partial charge in [-0.25, -0.2) is 0 Å². The molecule has 2 nitrogen and oxygen atoms in total. The lowest BCUT2D eigenvalue weighted by Crippen LogP contribution is -2.40. The zero-order chi connectivity index (χ0) is 9.31. The lowest BCUT2D eigenvalue weighted by atomic mass is 9.70. The first kappa shape index (κ1) is 9.47. The number of nitrogens with one attached hydrogen (secondary N) is 1. The highest BCUT2D eigenvalue weighted by Gasteiger charge is 2.38. The van der Waals surface area contributed by atoms with E-state index in [1.807, 2.05) is 6.92 Å². The third-order valence-electron chi connectivity index (χ3n) is 3.85. The second-order valence-electron chi connectivity index (χ2n) is 5.05. The standard InChI is InChI=1S/C11H21NO/c1-11(13,10-3-2-4-10)7-9-5-6-12-8-9/h9-10,12-13H,2-8H2,1H3. The van der Waals surface area contributed by atoms with Crippen LogP contribution in [0.1, 0.15) is 39.0 Å². The molecule has 0 aromatic heterocycles. The molecule has 1 heterocycles. The van der Waals surface area contributed by atoms with Crippen LogP contribution in [0.4, 0.5) is 0 Å². The molecule has 0 amide bonds. The summed E-state index contributed by atoms with van der Waals surface area (Å²) in [4.78, 5) is 0. The van der Waals surface area contributed by atoms with Gasteiger partial charge in [0.1, 0.15) is 0 Å². The molecule has 1 saturated carbocycles. The number of aliphatic hydroxyl groups is 1. The van der Waals surface area contributed by atoms with Crippen LogP contribution in [-0.4, -0.2) is 23.8 Å². The number of hydrogen-bond acceptors (Lipinski definition) is 2. The Hall–Kier alpha value is -0.0800. The van der Waals surface area contributed by atoms with Gasteiger partial charge in [0, 0.05) is 0 Å². The topological polar surface area (TPSA) is 32.3 Å². The normalized spacial score (nSPS) is 34.2. The smallest absolute Gasteiger partial charge is 0.0650 e. The van der Waals surface area contributed by atoms with Gasteiger partial charge in [-0.15, -0.1) is 0 Å². The summed E-state index contributed by atoms with van der Waals surface area (Å²) < 4.78 is 0. The Bertz CT molecular complexity index is 169. The van der Waals surface area contributed by atoms with Crippen molar-refractivity contribution in [1.82, 2.24) is 5.32 Å². The molecule has 0 aromatic carbocycles. The monoisotopic (exact) mass is 183 g/mol. The van der Waals surface area contributed by atoms with Crippen molar-refractivity contribution in [2.24, 2.45) is 11.8 Å². The summed E-state index contributed by atoms with van der Waals surface area (Å²) in [7, 11) is 0. The molecule has 2 aliphatic rings. The summed E-state index contributed by atoms with van der Waals surface area (Å²) in [6, 6.07) is 0. The van der Waals surface area contributed by atoms with Crippen LogP contribution in [0.25, 0.3) is 0 Å². The van der Waals surface area contributed by atoms with Crippen molar-refractivity contribution >= 4 is 0 Å². The summed E-state index contributed by atoms with van der Waals surface area (Å²) in [6.45, 7) is 4.30. The van der Waals surface area contributed by atoms with E-state index < -0.39 is 0 Å². The minimum Gasteiger partial charge on any atom is -0.390 e. The maximum Gasteiger partial charge on any atom is 0.0650 e. The maximum absolute atomic E-state index is 10.3. The summed E-state index contributed by atoms with van der Waals surface area (Å²) >= 11 is 0. The van der Waals surface area contributed by atoms with Crippen molar-refractivity contribution in [3.63, 3.8) is 0 Å². The van der Waals surface area contributed by atoms with E-state index in [2.05, 4.69) is 5.32 Å². The average molecular weight is 183 g/mol. The molecule has 1 saturated heterocycles. The van der Waals surface area contributed by atoms with E-state index in [1.165, 1.54) is 25.7 Å². The fourth-order valence-corrected chi connectivity index (χ4v) is 2.67. The summed E-state index contributed by atoms with van der Waals surface area (Å²) in [5.74, 6) is 1.31. The van der Waals surface area contributed by atoms with Crippen LogP contribution in [0.3, 0.4) is 0 Å². The highest BCUT2D eigenvalue weighted by atomic mass is 16.3. The lowest BCUT2D eigenvalue weighted by molar-refractivity contribution is -0.0508. The van der Waals surface area contributed by atoms with Crippen molar-refractivity contribution in [3.05, 3.63) is 0 Å². The van der Waals surface area contributed by atoms with Gasteiger partial charge >= 0.3 is 0 Å². The second kappa shape index (κ2) is 3.58. The van der Waals surface area contributed by atoms with Gasteiger partial charge in [-0.1, -0.05) is 6.42 Å². The molecule has 76 valence electrons. The quantitative estimate of drug-likeness (QED) is 0.695. The van der Waals surface area contributed by atoms with E-state index in [0.717, 1.165) is 25.4 Å². The molecule has 2 fully saturated rings. The number of hydrogen-bond donors (Lipinski definition) is 2. The van der Waals surface area contributed by atoms with Gasteiger partial charge in [0.2, 0.25) is 0 Å². The molecular formula is C11H21NO. The lowest BCUT2D eigenvalue weighted by Gasteiger charge is -2.40. The van der Waals surface area contributed by atoms with Crippen LogP contribution in [-0.2, 0) is 0 Å². The maximum atomic E-state index is 10.3. The van der Waals surface area contributed by atoms with Crippen molar-refractivity contribution < 1.29 is 5.11 Å². The van der Waals surface area contributed by atoms with Crippen molar-refractivity contribution in [1.29, 1.82) is 0 Å². The minimum absolute atomic E-state index is 0.380. The van der Waals surface area contributed by atoms with Gasteiger partial charge in [0.25, 0.3) is 0 Å². The van der Waals surface area contributed by atoms with Crippen LogP contribution < -0.4 is 5.32 Å². The molecule has 1 aliphatic heterocycles. The Morgan fingerprint density at radius 1 is 1.38 bits per heavy atom. The average Bonchev–Trinajstić information content (AvgIpc) is 2.32. The van der Waals surface area contributed by atoms with Gasteiger partial charge in [0.05, 0.1) is 5.60 Å². The Kier molecular flexibility index (Phi) is 2.61. The Morgan fingerprint density at radius 3 is 2.62 bits per heavy atom. The van der Waals surface area contributed by atoms with Crippen molar-refractivity contribution in [2.75, 3.05) is 13.1 Å². The molecule has 2 atom stereocenters. The zero-order valence-corrected chi connectivity index (χ0v) is 8.55. The first-order chi connectivity index (χ1) is 6.18. The van der Waals surface area contributed by atoms with Crippen LogP contribution in [0.5, 0.6) is 0 Å². The molecule has 0 bridgehead atoms. The third-order valence-corrected chi connectivity index (χ3v) is 3.85. The van der Waals surface area contributed by atoms with E-state index in [1.54, 1.807) is 0 Å². The molecule has 0 spiro atoms. The van der Waals surface area contributed by atoms with Crippen molar-refractivity contribution in [2.45, 2.75) is 44.6 Å². The van der Waals surface area contributed by atoms with Crippen molar-refractivity contribution in [3.8, 4) is 0 Å². The molecule has 0 radical (unpaired) electrons. The Labute approximate surface area is 80.7 Å². The highest BCUT2D eigenvalue weighted by molar-refractivity contribution is 4.90. The first-order valence-corrected chi connectivity index (χ1v) is 5.61. The van der Waals surface area contributed by atoms with E-state index in [-0.39, 0.29) is 5.60 Å². The van der Waals surface area contributed by atoms with Crippen LogP contribution in [0.2, 0.25) is 0 Å². The predicted molar refractivity (Wildman–Crippen MR) is 53.6 cm³/mol. The SMILES string of the molecule is CC(O)(CC1CCNC1)C1CCC1. The summed E-state index contributed by atoms with van der Waals surface area (Å²) in [6.07, 6.45) is 6.07. The first-order valence-electron chi connectivity index (χ1n) is 5.61. The molecule has 2 N–H and O–H groups in total.